The SMILES string of the molecule is Cc1nc(C(C)C)[nH]c(=O)c1C(=O)NC(C)CCC(=O)O. The van der Waals surface area contributed by atoms with Crippen molar-refractivity contribution in [2.45, 2.75) is 52.5 Å². The largest absolute Gasteiger partial charge is 0.481 e. The van der Waals surface area contributed by atoms with E-state index in [9.17, 15) is 14.4 Å². The molecule has 1 unspecified atom stereocenters. The van der Waals surface area contributed by atoms with Gasteiger partial charge in [-0.3, -0.25) is 14.4 Å². The summed E-state index contributed by atoms with van der Waals surface area (Å²) in [4.78, 5) is 41.4. The van der Waals surface area contributed by atoms with Crippen molar-refractivity contribution < 1.29 is 14.7 Å². The standard InChI is InChI=1S/C14H21N3O4/c1-7(2)12-16-9(4)11(14(21)17-12)13(20)15-8(3)5-6-10(18)19/h7-8H,5-6H2,1-4H3,(H,15,20)(H,18,19)(H,16,17,21). The summed E-state index contributed by atoms with van der Waals surface area (Å²) in [6.07, 6.45) is 0.261. The van der Waals surface area contributed by atoms with Crippen LogP contribution in [0.1, 0.15) is 61.4 Å². The maximum Gasteiger partial charge on any atom is 0.303 e. The van der Waals surface area contributed by atoms with Gasteiger partial charge in [0.1, 0.15) is 11.4 Å². The second-order valence-corrected chi connectivity index (χ2v) is 5.37. The molecule has 1 aromatic rings. The van der Waals surface area contributed by atoms with Crippen LogP contribution in [0.3, 0.4) is 0 Å². The highest BCUT2D eigenvalue weighted by atomic mass is 16.4. The predicted octanol–water partition coefficient (Wildman–Crippen LogP) is 1.18. The van der Waals surface area contributed by atoms with Crippen LogP contribution < -0.4 is 10.9 Å². The van der Waals surface area contributed by atoms with Gasteiger partial charge in [0.05, 0.1) is 5.69 Å². The first-order valence-corrected chi connectivity index (χ1v) is 6.85. The van der Waals surface area contributed by atoms with Crippen LogP contribution in [0.4, 0.5) is 0 Å². The molecule has 116 valence electrons. The van der Waals surface area contributed by atoms with Crippen LogP contribution in [0.15, 0.2) is 4.79 Å². The zero-order valence-electron chi connectivity index (χ0n) is 12.7. The number of aliphatic carboxylic acids is 1. The lowest BCUT2D eigenvalue weighted by molar-refractivity contribution is -0.137. The number of H-pyrrole nitrogens is 1. The number of amides is 1. The smallest absolute Gasteiger partial charge is 0.303 e. The van der Waals surface area contributed by atoms with E-state index < -0.39 is 17.4 Å². The molecule has 7 nitrogen and oxygen atoms in total. The van der Waals surface area contributed by atoms with Crippen LogP contribution >= 0.6 is 0 Å². The summed E-state index contributed by atoms with van der Waals surface area (Å²) in [5, 5.41) is 11.2. The zero-order valence-corrected chi connectivity index (χ0v) is 12.7. The Bertz CT molecular complexity index is 592. The van der Waals surface area contributed by atoms with E-state index in [2.05, 4.69) is 15.3 Å². The van der Waals surface area contributed by atoms with Crippen molar-refractivity contribution in [2.24, 2.45) is 0 Å². The minimum Gasteiger partial charge on any atom is -0.481 e. The van der Waals surface area contributed by atoms with Crippen LogP contribution in [0, 0.1) is 6.92 Å². The van der Waals surface area contributed by atoms with Crippen molar-refractivity contribution in [3.8, 4) is 0 Å². The number of aromatic amines is 1. The first kappa shape index (κ1) is 16.9. The molecule has 0 bridgehead atoms. The predicted molar refractivity (Wildman–Crippen MR) is 77.5 cm³/mol. The molecule has 0 saturated carbocycles. The number of carboxylic acids is 1. The Morgan fingerprint density at radius 3 is 2.43 bits per heavy atom. The summed E-state index contributed by atoms with van der Waals surface area (Å²) < 4.78 is 0. The fourth-order valence-corrected chi connectivity index (χ4v) is 1.86. The van der Waals surface area contributed by atoms with Gasteiger partial charge in [0, 0.05) is 18.4 Å². The monoisotopic (exact) mass is 295 g/mol. The summed E-state index contributed by atoms with van der Waals surface area (Å²) in [5.41, 5.74) is -0.138. The van der Waals surface area contributed by atoms with E-state index in [0.717, 1.165) is 0 Å². The van der Waals surface area contributed by atoms with Gasteiger partial charge in [-0.05, 0) is 20.3 Å². The second kappa shape index (κ2) is 7.01. The Hall–Kier alpha value is -2.18. The van der Waals surface area contributed by atoms with Crippen LogP contribution in [0.2, 0.25) is 0 Å². The molecule has 0 aliphatic rings. The normalized spacial score (nSPS) is 12.2. The number of hydrogen-bond acceptors (Lipinski definition) is 4. The number of carbonyl (C=O) groups excluding carboxylic acids is 1. The molecule has 1 rings (SSSR count). The Morgan fingerprint density at radius 1 is 1.33 bits per heavy atom. The molecule has 0 radical (unpaired) electrons. The highest BCUT2D eigenvalue weighted by Crippen LogP contribution is 2.09. The number of rotatable bonds is 6. The third kappa shape index (κ3) is 4.70. The first-order chi connectivity index (χ1) is 9.72. The van der Waals surface area contributed by atoms with Crippen molar-refractivity contribution in [3.63, 3.8) is 0 Å². The molecule has 0 fully saturated rings. The molecular formula is C14H21N3O4. The van der Waals surface area contributed by atoms with Gasteiger partial charge in [0.15, 0.2) is 0 Å². The number of carboxylic acid groups (broad SMARTS) is 1. The van der Waals surface area contributed by atoms with E-state index in [1.807, 2.05) is 13.8 Å². The van der Waals surface area contributed by atoms with E-state index in [-0.39, 0.29) is 23.9 Å². The molecule has 0 aromatic carbocycles. The molecule has 1 amide bonds. The third-order valence-corrected chi connectivity index (χ3v) is 3.06. The molecule has 0 spiro atoms. The van der Waals surface area contributed by atoms with Gasteiger partial charge < -0.3 is 15.4 Å². The van der Waals surface area contributed by atoms with Gasteiger partial charge in [-0.25, -0.2) is 4.98 Å². The molecule has 7 heteroatoms. The van der Waals surface area contributed by atoms with E-state index in [4.69, 9.17) is 5.11 Å². The number of carbonyl (C=O) groups is 2. The highest BCUT2D eigenvalue weighted by Gasteiger charge is 2.19. The molecule has 21 heavy (non-hydrogen) atoms. The molecular weight excluding hydrogens is 274 g/mol. The van der Waals surface area contributed by atoms with Gasteiger partial charge in [-0.1, -0.05) is 13.8 Å². The number of hydrogen-bond donors (Lipinski definition) is 3. The molecule has 1 heterocycles. The fraction of sp³-hybridized carbons (Fsp3) is 0.571. The van der Waals surface area contributed by atoms with E-state index in [0.29, 0.717) is 17.9 Å². The van der Waals surface area contributed by atoms with Gasteiger partial charge in [-0.15, -0.1) is 0 Å². The minimum absolute atomic E-state index is 0.0263. The van der Waals surface area contributed by atoms with E-state index in [1.165, 1.54) is 0 Å². The van der Waals surface area contributed by atoms with Crippen LogP contribution in [0.5, 0.6) is 0 Å². The van der Waals surface area contributed by atoms with Crippen molar-refractivity contribution in [2.75, 3.05) is 0 Å². The van der Waals surface area contributed by atoms with Crippen molar-refractivity contribution in [1.29, 1.82) is 0 Å². The van der Waals surface area contributed by atoms with Gasteiger partial charge in [-0.2, -0.15) is 0 Å². The number of aryl methyl sites for hydroxylation is 1. The number of aromatic nitrogens is 2. The van der Waals surface area contributed by atoms with Gasteiger partial charge >= 0.3 is 5.97 Å². The Morgan fingerprint density at radius 2 is 1.95 bits per heavy atom. The molecule has 0 saturated heterocycles. The Kier molecular flexibility index (Phi) is 5.63. The lowest BCUT2D eigenvalue weighted by atomic mass is 10.1. The Labute approximate surface area is 122 Å². The first-order valence-electron chi connectivity index (χ1n) is 6.85. The van der Waals surface area contributed by atoms with Crippen molar-refractivity contribution in [3.05, 3.63) is 27.4 Å². The average Bonchev–Trinajstić information content (AvgIpc) is 2.35. The van der Waals surface area contributed by atoms with Gasteiger partial charge in [0.25, 0.3) is 11.5 Å². The summed E-state index contributed by atoms with van der Waals surface area (Å²) in [7, 11) is 0. The second-order valence-electron chi connectivity index (χ2n) is 5.37. The third-order valence-electron chi connectivity index (χ3n) is 3.06. The number of nitrogens with one attached hydrogen (secondary N) is 2. The molecule has 0 aliphatic carbocycles. The lowest BCUT2D eigenvalue weighted by Crippen LogP contribution is -2.37. The van der Waals surface area contributed by atoms with Crippen LogP contribution in [-0.2, 0) is 4.79 Å². The van der Waals surface area contributed by atoms with E-state index in [1.54, 1.807) is 13.8 Å². The van der Waals surface area contributed by atoms with Gasteiger partial charge in [0.2, 0.25) is 0 Å². The molecule has 1 aromatic heterocycles. The average molecular weight is 295 g/mol. The molecule has 1 atom stereocenters. The molecule has 0 aliphatic heterocycles. The zero-order chi connectivity index (χ0) is 16.2. The maximum absolute atomic E-state index is 12.1. The van der Waals surface area contributed by atoms with Crippen LogP contribution in [-0.4, -0.2) is 33.0 Å². The highest BCUT2D eigenvalue weighted by molar-refractivity contribution is 5.95. The summed E-state index contributed by atoms with van der Waals surface area (Å²) in [5.74, 6) is -0.862. The summed E-state index contributed by atoms with van der Waals surface area (Å²) >= 11 is 0. The topological polar surface area (TPSA) is 112 Å². The summed E-state index contributed by atoms with van der Waals surface area (Å²) in [6, 6.07) is -0.336. The lowest BCUT2D eigenvalue weighted by Gasteiger charge is -2.14. The van der Waals surface area contributed by atoms with Crippen molar-refractivity contribution >= 4 is 11.9 Å². The van der Waals surface area contributed by atoms with Crippen LogP contribution in [0.25, 0.3) is 0 Å². The van der Waals surface area contributed by atoms with E-state index >= 15 is 0 Å². The summed E-state index contributed by atoms with van der Waals surface area (Å²) in [6.45, 7) is 7.09. The fourth-order valence-electron chi connectivity index (χ4n) is 1.86. The molecule has 3 N–H and O–H groups in total. The quantitative estimate of drug-likeness (QED) is 0.729. The maximum atomic E-state index is 12.1. The Balaban J connectivity index is 2.88. The minimum atomic E-state index is -0.923. The van der Waals surface area contributed by atoms with Crippen molar-refractivity contribution in [1.82, 2.24) is 15.3 Å². The number of nitrogens with zero attached hydrogens (tertiary/aromatic N) is 1.